The quantitative estimate of drug-likeness (QED) is 0.174. The van der Waals surface area contributed by atoms with Gasteiger partial charge in [0.05, 0.1) is 19.1 Å². The van der Waals surface area contributed by atoms with E-state index in [1.807, 2.05) is 60.7 Å². The number of aromatic nitrogens is 2. The molecule has 260 valence electrons. The molecule has 2 aliphatic rings. The molecule has 10 nitrogen and oxygen atoms in total. The third-order valence-corrected chi connectivity index (χ3v) is 10.9. The molecule has 2 N–H and O–H groups in total. The second-order valence-electron chi connectivity index (χ2n) is 12.8. The summed E-state index contributed by atoms with van der Waals surface area (Å²) in [6.07, 6.45) is 5.40. The smallest absolute Gasteiger partial charge is 0.251 e. The fourth-order valence-corrected chi connectivity index (χ4v) is 7.73. The maximum Gasteiger partial charge on any atom is 0.251 e. The average Bonchev–Trinajstić information content (AvgIpc) is 3.76. The molecule has 0 unspecified atom stereocenters. The summed E-state index contributed by atoms with van der Waals surface area (Å²) >= 11 is 6.77. The van der Waals surface area contributed by atoms with Gasteiger partial charge in [0.25, 0.3) is 5.91 Å². The number of amides is 1. The number of methoxy groups -OCH3 is 1. The van der Waals surface area contributed by atoms with Gasteiger partial charge in [-0.15, -0.1) is 0 Å². The Labute approximate surface area is 294 Å². The van der Waals surface area contributed by atoms with Crippen molar-refractivity contribution in [1.82, 2.24) is 29.6 Å². The van der Waals surface area contributed by atoms with Gasteiger partial charge in [-0.3, -0.25) is 9.48 Å². The van der Waals surface area contributed by atoms with Crippen molar-refractivity contribution in [2.24, 2.45) is 0 Å². The molecule has 1 aromatic heterocycles. The number of nitrogens with one attached hydrogen (secondary N) is 2. The maximum atomic E-state index is 13.1. The number of carbonyl (C=O) groups excluding carboxylic acids is 1. The third-order valence-electron chi connectivity index (χ3n) is 9.34. The normalized spacial score (nSPS) is 15.3. The van der Waals surface area contributed by atoms with Crippen molar-refractivity contribution in [2.75, 3.05) is 52.6 Å². The summed E-state index contributed by atoms with van der Waals surface area (Å²) in [4.78, 5) is 15.6. The molecule has 0 spiro atoms. The van der Waals surface area contributed by atoms with E-state index in [0.29, 0.717) is 43.2 Å². The summed E-state index contributed by atoms with van der Waals surface area (Å²) in [5.41, 5.74) is 6.92. The number of benzene rings is 3. The number of fused-ring (bicyclic) bond motifs is 1. The minimum atomic E-state index is -3.36. The van der Waals surface area contributed by atoms with E-state index in [1.165, 1.54) is 23.4 Å². The van der Waals surface area contributed by atoms with Gasteiger partial charge in [-0.1, -0.05) is 41.9 Å². The lowest BCUT2D eigenvalue weighted by atomic mass is 9.97. The van der Waals surface area contributed by atoms with Crippen LogP contribution in [0.5, 0.6) is 5.75 Å². The van der Waals surface area contributed by atoms with Crippen LogP contribution in [-0.4, -0.2) is 85.9 Å². The largest absolute Gasteiger partial charge is 0.497 e. The lowest BCUT2D eigenvalue weighted by Gasteiger charge is -2.26. The van der Waals surface area contributed by atoms with E-state index < -0.39 is 10.0 Å². The monoisotopic (exact) mass is 704 g/mol. The van der Waals surface area contributed by atoms with Crippen molar-refractivity contribution < 1.29 is 17.9 Å². The SMILES string of the molecule is COc1cccc(CNCCNC(=O)c2cccc(-c3cc(-c4nn(CCCN5CCCC5)c5c4CN(S(C)(=O)=O)CC5)ccc3Cl)c2)c1. The maximum absolute atomic E-state index is 13.1. The summed E-state index contributed by atoms with van der Waals surface area (Å²) < 4.78 is 34.0. The van der Waals surface area contributed by atoms with Gasteiger partial charge >= 0.3 is 0 Å². The Bertz CT molecular complexity index is 1890. The molecule has 12 heteroatoms. The van der Waals surface area contributed by atoms with Crippen LogP contribution in [0.4, 0.5) is 0 Å². The van der Waals surface area contributed by atoms with Crippen LogP contribution in [0.1, 0.15) is 46.4 Å². The Kier molecular flexibility index (Phi) is 11.4. The summed E-state index contributed by atoms with van der Waals surface area (Å²) in [5.74, 6) is 0.647. The number of nitrogens with zero attached hydrogens (tertiary/aromatic N) is 4. The predicted molar refractivity (Wildman–Crippen MR) is 194 cm³/mol. The van der Waals surface area contributed by atoms with Gasteiger partial charge in [0.1, 0.15) is 5.75 Å². The molecule has 0 bridgehead atoms. The van der Waals surface area contributed by atoms with Crippen LogP contribution in [0.3, 0.4) is 0 Å². The van der Waals surface area contributed by atoms with Crippen molar-refractivity contribution >= 4 is 27.5 Å². The number of aryl methyl sites for hydroxylation is 1. The van der Waals surface area contributed by atoms with E-state index in [-0.39, 0.29) is 12.5 Å². The lowest BCUT2D eigenvalue weighted by Crippen LogP contribution is -2.35. The molecule has 0 radical (unpaired) electrons. The first-order chi connectivity index (χ1) is 23.7. The minimum absolute atomic E-state index is 0.167. The van der Waals surface area contributed by atoms with Gasteiger partial charge in [0, 0.05) is 78.7 Å². The zero-order valence-corrected chi connectivity index (χ0v) is 29.8. The predicted octanol–water partition coefficient (Wildman–Crippen LogP) is 5.20. The molecule has 2 aliphatic heterocycles. The highest BCUT2D eigenvalue weighted by Crippen LogP contribution is 2.36. The first-order valence-electron chi connectivity index (χ1n) is 17.0. The molecule has 0 saturated carbocycles. The molecule has 6 rings (SSSR count). The van der Waals surface area contributed by atoms with E-state index in [2.05, 4.69) is 20.2 Å². The van der Waals surface area contributed by atoms with E-state index in [1.54, 1.807) is 13.2 Å². The highest BCUT2D eigenvalue weighted by Gasteiger charge is 2.30. The van der Waals surface area contributed by atoms with Gasteiger partial charge in [-0.05, 0) is 86.4 Å². The topological polar surface area (TPSA) is 109 Å². The second-order valence-corrected chi connectivity index (χ2v) is 15.2. The van der Waals surface area contributed by atoms with Crippen molar-refractivity contribution in [3.63, 3.8) is 0 Å². The van der Waals surface area contributed by atoms with E-state index in [9.17, 15) is 13.2 Å². The molecule has 0 aliphatic carbocycles. The first-order valence-corrected chi connectivity index (χ1v) is 19.2. The lowest BCUT2D eigenvalue weighted by molar-refractivity contribution is 0.0954. The van der Waals surface area contributed by atoms with Gasteiger partial charge in [0.15, 0.2) is 0 Å². The molecule has 1 amide bonds. The van der Waals surface area contributed by atoms with Crippen LogP contribution in [0.25, 0.3) is 22.4 Å². The zero-order chi connectivity index (χ0) is 34.4. The van der Waals surface area contributed by atoms with Crippen LogP contribution in [0.15, 0.2) is 66.7 Å². The highest BCUT2D eigenvalue weighted by atomic mass is 35.5. The summed E-state index contributed by atoms with van der Waals surface area (Å²) in [7, 11) is -1.71. The number of hydrogen-bond acceptors (Lipinski definition) is 7. The van der Waals surface area contributed by atoms with Crippen LogP contribution in [0, 0.1) is 0 Å². The van der Waals surface area contributed by atoms with E-state index >= 15 is 0 Å². The van der Waals surface area contributed by atoms with Crippen molar-refractivity contribution in [3.05, 3.63) is 94.1 Å². The van der Waals surface area contributed by atoms with Gasteiger partial charge in [-0.2, -0.15) is 9.40 Å². The Morgan fingerprint density at radius 3 is 2.57 bits per heavy atom. The second kappa shape index (κ2) is 15.9. The third kappa shape index (κ3) is 8.71. The molecule has 49 heavy (non-hydrogen) atoms. The number of halogens is 1. The molecule has 0 atom stereocenters. The molecule has 3 heterocycles. The van der Waals surface area contributed by atoms with Gasteiger partial charge in [0.2, 0.25) is 10.0 Å². The van der Waals surface area contributed by atoms with E-state index in [4.69, 9.17) is 21.4 Å². The number of ether oxygens (including phenoxy) is 1. The standard InChI is InChI=1S/C37H45ClN6O4S/c1-48-31-11-5-8-27(22-31)25-39-15-16-40-37(45)30-10-6-9-28(23-30)32-24-29(12-13-34(32)38)36-33-26-43(49(2,46)47)21-14-35(33)44(41-36)20-7-19-42-17-3-4-18-42/h5-6,8-13,22-24,39H,3-4,7,14-21,25-26H2,1-2H3,(H,40,45). The summed E-state index contributed by atoms with van der Waals surface area (Å²) in [6.45, 7) is 6.63. The van der Waals surface area contributed by atoms with Crippen LogP contribution < -0.4 is 15.4 Å². The first kappa shape index (κ1) is 35.1. The number of sulfonamides is 1. The Hall–Kier alpha value is -3.74. The van der Waals surface area contributed by atoms with Crippen molar-refractivity contribution in [1.29, 1.82) is 0 Å². The fourth-order valence-electron chi connectivity index (χ4n) is 6.72. The van der Waals surface area contributed by atoms with Crippen LogP contribution in [0.2, 0.25) is 5.02 Å². The van der Waals surface area contributed by atoms with Crippen molar-refractivity contribution in [3.8, 4) is 28.1 Å². The average molecular weight is 705 g/mol. The Morgan fingerprint density at radius 2 is 1.78 bits per heavy atom. The number of hydrogen-bond donors (Lipinski definition) is 2. The zero-order valence-electron chi connectivity index (χ0n) is 28.3. The molecule has 4 aromatic rings. The molecular weight excluding hydrogens is 660 g/mol. The fraction of sp³-hybridized carbons (Fsp3) is 0.405. The Balaban J connectivity index is 1.17. The molecule has 1 saturated heterocycles. The molecular formula is C37H45ClN6O4S. The van der Waals surface area contributed by atoms with Crippen LogP contribution in [-0.2, 0) is 36.1 Å². The minimum Gasteiger partial charge on any atom is -0.497 e. The van der Waals surface area contributed by atoms with Gasteiger partial charge in [-0.25, -0.2) is 8.42 Å². The number of likely N-dealkylation sites (tertiary alicyclic amines) is 1. The number of rotatable bonds is 14. The highest BCUT2D eigenvalue weighted by molar-refractivity contribution is 7.88. The van der Waals surface area contributed by atoms with Crippen LogP contribution >= 0.6 is 11.6 Å². The summed E-state index contributed by atoms with van der Waals surface area (Å²) in [6, 6.07) is 21.1. The van der Waals surface area contributed by atoms with Gasteiger partial charge < -0.3 is 20.3 Å². The summed E-state index contributed by atoms with van der Waals surface area (Å²) in [5, 5.41) is 12.0. The molecule has 3 aromatic carbocycles. The number of carbonyl (C=O) groups is 1. The molecule has 1 fully saturated rings. The van der Waals surface area contributed by atoms with E-state index in [0.717, 1.165) is 77.6 Å². The Morgan fingerprint density at radius 1 is 0.959 bits per heavy atom. The van der Waals surface area contributed by atoms with Crippen molar-refractivity contribution in [2.45, 2.75) is 45.3 Å².